The predicted octanol–water partition coefficient (Wildman–Crippen LogP) is 3.99. The molecule has 0 aliphatic rings. The van der Waals surface area contributed by atoms with Gasteiger partial charge in [0.05, 0.1) is 27.9 Å². The summed E-state index contributed by atoms with van der Waals surface area (Å²) in [6.07, 6.45) is 0. The van der Waals surface area contributed by atoms with Crippen LogP contribution < -0.4 is 5.56 Å². The summed E-state index contributed by atoms with van der Waals surface area (Å²) in [4.78, 5) is 30.7. The number of carbonyl (C=O) groups excluding carboxylic acids is 1. The summed E-state index contributed by atoms with van der Waals surface area (Å²) in [5.74, 6) is -0.522. The van der Waals surface area contributed by atoms with Crippen molar-refractivity contribution in [1.29, 1.82) is 0 Å². The highest BCUT2D eigenvalue weighted by atomic mass is 79.9. The molecule has 0 bridgehead atoms. The summed E-state index contributed by atoms with van der Waals surface area (Å²) in [7, 11) is 0. The van der Waals surface area contributed by atoms with Crippen molar-refractivity contribution in [2.75, 3.05) is 6.61 Å². The van der Waals surface area contributed by atoms with E-state index >= 15 is 0 Å². The highest BCUT2D eigenvalue weighted by molar-refractivity contribution is 9.10. The van der Waals surface area contributed by atoms with E-state index in [-0.39, 0.29) is 23.7 Å². The summed E-state index contributed by atoms with van der Waals surface area (Å²) < 4.78 is 5.54. The number of aromatic amines is 1. The van der Waals surface area contributed by atoms with Gasteiger partial charge in [0.2, 0.25) is 0 Å². The number of halogens is 3. The molecule has 0 amide bonds. The molecule has 0 radical (unpaired) electrons. The zero-order chi connectivity index (χ0) is 16.4. The van der Waals surface area contributed by atoms with Gasteiger partial charge in [-0.3, -0.25) is 4.79 Å². The Hall–Kier alpha value is -1.37. The maximum absolute atomic E-state index is 12.1. The van der Waals surface area contributed by atoms with Crippen LogP contribution in [0.25, 0.3) is 11.4 Å². The van der Waals surface area contributed by atoms with Gasteiger partial charge in [0.1, 0.15) is 11.4 Å². The van der Waals surface area contributed by atoms with Crippen LogP contribution in [-0.2, 0) is 4.74 Å². The van der Waals surface area contributed by atoms with Crippen LogP contribution in [0.1, 0.15) is 23.0 Å². The lowest BCUT2D eigenvalue weighted by Crippen LogP contribution is -2.23. The van der Waals surface area contributed by atoms with E-state index in [1.165, 1.54) is 0 Å². The molecule has 1 heterocycles. The first-order valence-electron chi connectivity index (χ1n) is 6.28. The number of hydrogen-bond acceptors (Lipinski definition) is 4. The SMILES string of the molecule is CCOC(=O)c1c(C)nc(-c2c(Cl)cc(Br)cc2Cl)[nH]c1=O. The van der Waals surface area contributed by atoms with Crippen molar-refractivity contribution in [3.05, 3.63) is 48.3 Å². The molecule has 22 heavy (non-hydrogen) atoms. The third kappa shape index (κ3) is 3.34. The average Bonchev–Trinajstić information content (AvgIpc) is 2.36. The van der Waals surface area contributed by atoms with Crippen molar-refractivity contribution in [3.63, 3.8) is 0 Å². The van der Waals surface area contributed by atoms with E-state index in [1.54, 1.807) is 26.0 Å². The lowest BCUT2D eigenvalue weighted by molar-refractivity contribution is 0.0523. The number of hydrogen-bond donors (Lipinski definition) is 1. The van der Waals surface area contributed by atoms with Gasteiger partial charge in [-0.1, -0.05) is 39.1 Å². The van der Waals surface area contributed by atoms with Crippen molar-refractivity contribution in [2.45, 2.75) is 13.8 Å². The minimum Gasteiger partial charge on any atom is -0.462 e. The quantitative estimate of drug-likeness (QED) is 0.783. The fourth-order valence-electron chi connectivity index (χ4n) is 1.92. The molecule has 8 heteroatoms. The summed E-state index contributed by atoms with van der Waals surface area (Å²) in [5.41, 5.74) is -0.0969. The summed E-state index contributed by atoms with van der Waals surface area (Å²) in [6, 6.07) is 3.27. The predicted molar refractivity (Wildman–Crippen MR) is 88.7 cm³/mol. The Bertz CT molecular complexity index is 782. The van der Waals surface area contributed by atoms with Crippen LogP contribution in [0.5, 0.6) is 0 Å². The Morgan fingerprint density at radius 2 is 1.95 bits per heavy atom. The Kier molecular flexibility index (Phi) is 5.26. The lowest BCUT2D eigenvalue weighted by atomic mass is 10.2. The Labute approximate surface area is 144 Å². The van der Waals surface area contributed by atoms with Gasteiger partial charge in [0.15, 0.2) is 0 Å². The maximum Gasteiger partial charge on any atom is 0.345 e. The van der Waals surface area contributed by atoms with E-state index in [4.69, 9.17) is 27.9 Å². The molecule has 0 aliphatic carbocycles. The van der Waals surface area contributed by atoms with E-state index in [1.807, 2.05) is 0 Å². The van der Waals surface area contributed by atoms with Crippen LogP contribution in [0.2, 0.25) is 10.0 Å². The molecule has 0 spiro atoms. The molecule has 0 aliphatic heterocycles. The second kappa shape index (κ2) is 6.81. The molecule has 0 saturated heterocycles. The van der Waals surface area contributed by atoms with Crippen LogP contribution in [0, 0.1) is 6.92 Å². The summed E-state index contributed by atoms with van der Waals surface area (Å²) in [5, 5.41) is 0.650. The van der Waals surface area contributed by atoms with Crippen LogP contribution in [-0.4, -0.2) is 22.5 Å². The largest absolute Gasteiger partial charge is 0.462 e. The zero-order valence-corrected chi connectivity index (χ0v) is 14.8. The second-order valence-electron chi connectivity index (χ2n) is 4.34. The molecule has 1 N–H and O–H groups in total. The van der Waals surface area contributed by atoms with Gasteiger partial charge in [-0.15, -0.1) is 0 Å². The molecule has 1 aromatic carbocycles. The second-order valence-corrected chi connectivity index (χ2v) is 6.07. The molecular formula is C14H11BrCl2N2O3. The standard InChI is InChI=1S/C14H11BrCl2N2O3/c1-3-22-14(21)10-6(2)18-12(19-13(10)20)11-8(16)4-7(15)5-9(11)17/h4-5H,3H2,1-2H3,(H,18,19,20). The normalized spacial score (nSPS) is 10.6. The molecular weight excluding hydrogens is 395 g/mol. The molecule has 2 aromatic rings. The molecule has 0 unspecified atom stereocenters. The monoisotopic (exact) mass is 404 g/mol. The van der Waals surface area contributed by atoms with Gasteiger partial charge in [0.25, 0.3) is 5.56 Å². The fourth-order valence-corrected chi connectivity index (χ4v) is 3.30. The lowest BCUT2D eigenvalue weighted by Gasteiger charge is -2.10. The topological polar surface area (TPSA) is 72.0 Å². The molecule has 0 fully saturated rings. The highest BCUT2D eigenvalue weighted by Gasteiger charge is 2.20. The molecule has 5 nitrogen and oxygen atoms in total. The van der Waals surface area contributed by atoms with Gasteiger partial charge in [-0.2, -0.15) is 0 Å². The third-order valence-electron chi connectivity index (χ3n) is 2.82. The fraction of sp³-hybridized carbons (Fsp3) is 0.214. The number of rotatable bonds is 3. The van der Waals surface area contributed by atoms with Crippen LogP contribution in [0.15, 0.2) is 21.4 Å². The third-order valence-corrected chi connectivity index (χ3v) is 3.88. The number of carbonyl (C=O) groups is 1. The average molecular weight is 406 g/mol. The Morgan fingerprint density at radius 1 is 1.36 bits per heavy atom. The Balaban J connectivity index is 2.62. The number of ether oxygens (including phenoxy) is 1. The number of H-pyrrole nitrogens is 1. The van der Waals surface area contributed by atoms with E-state index in [0.717, 1.165) is 0 Å². The Morgan fingerprint density at radius 3 is 2.45 bits per heavy atom. The van der Waals surface area contributed by atoms with Gasteiger partial charge < -0.3 is 9.72 Å². The molecule has 116 valence electrons. The van der Waals surface area contributed by atoms with Crippen LogP contribution in [0.3, 0.4) is 0 Å². The first-order chi connectivity index (χ1) is 10.3. The minimum atomic E-state index is -0.715. The van der Waals surface area contributed by atoms with Crippen LogP contribution >= 0.6 is 39.1 Å². The van der Waals surface area contributed by atoms with E-state index in [9.17, 15) is 9.59 Å². The van der Waals surface area contributed by atoms with Gasteiger partial charge in [-0.05, 0) is 26.0 Å². The van der Waals surface area contributed by atoms with Crippen molar-refractivity contribution in [3.8, 4) is 11.4 Å². The first-order valence-corrected chi connectivity index (χ1v) is 7.83. The van der Waals surface area contributed by atoms with Crippen molar-refractivity contribution >= 4 is 45.1 Å². The van der Waals surface area contributed by atoms with Gasteiger partial charge >= 0.3 is 5.97 Å². The highest BCUT2D eigenvalue weighted by Crippen LogP contribution is 2.35. The van der Waals surface area contributed by atoms with Crippen molar-refractivity contribution in [1.82, 2.24) is 9.97 Å². The molecule has 1 aromatic heterocycles. The number of esters is 1. The van der Waals surface area contributed by atoms with E-state index in [0.29, 0.717) is 20.1 Å². The maximum atomic E-state index is 12.1. The van der Waals surface area contributed by atoms with E-state index in [2.05, 4.69) is 25.9 Å². The number of aryl methyl sites for hydroxylation is 1. The first kappa shape index (κ1) is 17.0. The number of benzene rings is 1. The summed E-state index contributed by atoms with van der Waals surface area (Å²) >= 11 is 15.6. The smallest absolute Gasteiger partial charge is 0.345 e. The van der Waals surface area contributed by atoms with Crippen molar-refractivity contribution < 1.29 is 9.53 Å². The molecule has 2 rings (SSSR count). The summed E-state index contributed by atoms with van der Waals surface area (Å²) in [6.45, 7) is 3.38. The number of nitrogens with zero attached hydrogens (tertiary/aromatic N) is 1. The number of aromatic nitrogens is 2. The number of nitrogens with one attached hydrogen (secondary N) is 1. The molecule has 0 atom stereocenters. The van der Waals surface area contributed by atoms with Crippen LogP contribution in [0.4, 0.5) is 0 Å². The van der Waals surface area contributed by atoms with Gasteiger partial charge in [0, 0.05) is 4.47 Å². The minimum absolute atomic E-state index is 0.130. The zero-order valence-electron chi connectivity index (χ0n) is 11.7. The van der Waals surface area contributed by atoms with Gasteiger partial charge in [-0.25, -0.2) is 9.78 Å². The van der Waals surface area contributed by atoms with E-state index < -0.39 is 11.5 Å². The van der Waals surface area contributed by atoms with Crippen molar-refractivity contribution in [2.24, 2.45) is 0 Å². The molecule has 0 saturated carbocycles.